The Balaban J connectivity index is 2.52. The highest BCUT2D eigenvalue weighted by Gasteiger charge is 2.37. The van der Waals surface area contributed by atoms with E-state index in [1.807, 2.05) is 4.98 Å². The van der Waals surface area contributed by atoms with Gasteiger partial charge in [-0.1, -0.05) is 18.2 Å². The van der Waals surface area contributed by atoms with Crippen molar-refractivity contribution in [2.24, 2.45) is 10.2 Å². The average molecular weight is 283 g/mol. The number of nitrogen functional groups attached to an aromatic ring is 1. The van der Waals surface area contributed by atoms with Gasteiger partial charge in [-0.25, -0.2) is 4.98 Å². The highest BCUT2D eigenvalue weighted by atomic mass is 19.4. The molecule has 2 aromatic rings. The average Bonchev–Trinajstić information content (AvgIpc) is 2.37. The molecule has 1 aromatic heterocycles. The molecule has 1 aromatic carbocycles. The molecule has 0 radical (unpaired) electrons. The number of nitrogens with one attached hydrogen (secondary N) is 1. The van der Waals surface area contributed by atoms with E-state index in [0.717, 1.165) is 0 Å². The van der Waals surface area contributed by atoms with Crippen LogP contribution in [0.3, 0.4) is 0 Å². The Morgan fingerprint density at radius 1 is 1.15 bits per heavy atom. The van der Waals surface area contributed by atoms with Gasteiger partial charge in [-0.2, -0.15) is 18.3 Å². The first kappa shape index (κ1) is 13.7. The van der Waals surface area contributed by atoms with Crippen LogP contribution in [0.4, 0.5) is 30.5 Å². The summed E-state index contributed by atoms with van der Waals surface area (Å²) in [6, 6.07) is 8.01. The number of benzene rings is 1. The van der Waals surface area contributed by atoms with Gasteiger partial charge in [0.15, 0.2) is 11.4 Å². The lowest BCUT2D eigenvalue weighted by molar-refractivity contribution is -0.140. The van der Waals surface area contributed by atoms with Crippen LogP contribution in [0.2, 0.25) is 0 Å². The molecule has 2 rings (SSSR count). The fourth-order valence-corrected chi connectivity index (χ4v) is 1.38. The zero-order valence-corrected chi connectivity index (χ0v) is 9.85. The third-order valence-corrected chi connectivity index (χ3v) is 2.20. The van der Waals surface area contributed by atoms with Gasteiger partial charge in [0.2, 0.25) is 5.95 Å². The van der Waals surface area contributed by atoms with Crippen molar-refractivity contribution in [3.63, 3.8) is 0 Å². The predicted octanol–water partition coefficient (Wildman–Crippen LogP) is 2.79. The summed E-state index contributed by atoms with van der Waals surface area (Å²) < 4.78 is 38.3. The normalized spacial score (nSPS) is 11.9. The number of aromatic nitrogens is 2. The first-order chi connectivity index (χ1) is 9.38. The Morgan fingerprint density at radius 2 is 1.80 bits per heavy atom. The molecule has 0 amide bonds. The molecule has 0 fully saturated rings. The molecular weight excluding hydrogens is 275 g/mol. The van der Waals surface area contributed by atoms with Crippen LogP contribution in [-0.4, -0.2) is 9.97 Å². The zero-order chi connectivity index (χ0) is 14.8. The number of rotatable bonds is 2. The van der Waals surface area contributed by atoms with E-state index < -0.39 is 29.1 Å². The Hall–Kier alpha value is -2.71. The summed E-state index contributed by atoms with van der Waals surface area (Å²) in [5.74, 6) is -0.638. The molecule has 6 nitrogen and oxygen atoms in total. The third-order valence-electron chi connectivity index (χ3n) is 2.20. The minimum absolute atomic E-state index is 0.303. The summed E-state index contributed by atoms with van der Waals surface area (Å²) in [5.41, 5.74) is 1.88. The van der Waals surface area contributed by atoms with E-state index in [4.69, 9.17) is 5.73 Å². The van der Waals surface area contributed by atoms with Crippen molar-refractivity contribution in [2.45, 2.75) is 6.18 Å². The number of halogens is 3. The van der Waals surface area contributed by atoms with Gasteiger partial charge in [0.1, 0.15) is 0 Å². The lowest BCUT2D eigenvalue weighted by Crippen LogP contribution is -2.19. The number of hydrogen-bond donors (Lipinski definition) is 2. The maximum absolute atomic E-state index is 12.8. The molecule has 0 aliphatic carbocycles. The van der Waals surface area contributed by atoms with Gasteiger partial charge in [0.05, 0.1) is 5.69 Å². The molecule has 0 aliphatic heterocycles. The smallest absolute Gasteiger partial charge is 0.369 e. The number of alkyl halides is 3. The quantitative estimate of drug-likeness (QED) is 0.829. The molecule has 20 heavy (non-hydrogen) atoms. The summed E-state index contributed by atoms with van der Waals surface area (Å²) >= 11 is 0. The second-order valence-corrected chi connectivity index (χ2v) is 3.68. The van der Waals surface area contributed by atoms with Crippen LogP contribution < -0.4 is 11.3 Å². The van der Waals surface area contributed by atoms with Gasteiger partial charge in [-0.05, 0) is 12.1 Å². The van der Waals surface area contributed by atoms with Crippen LogP contribution in [0.5, 0.6) is 0 Å². The first-order valence-corrected chi connectivity index (χ1v) is 5.31. The van der Waals surface area contributed by atoms with Gasteiger partial charge >= 0.3 is 6.18 Å². The number of hydrogen-bond acceptors (Lipinski definition) is 5. The third kappa shape index (κ3) is 2.99. The van der Waals surface area contributed by atoms with Crippen LogP contribution in [0.25, 0.3) is 0 Å². The maximum atomic E-state index is 12.8. The first-order valence-electron chi connectivity index (χ1n) is 5.31. The van der Waals surface area contributed by atoms with E-state index in [9.17, 15) is 18.0 Å². The van der Waals surface area contributed by atoms with Crippen LogP contribution in [0.15, 0.2) is 45.4 Å². The van der Waals surface area contributed by atoms with E-state index in [2.05, 4.69) is 15.2 Å². The Bertz CT molecular complexity index is 693. The van der Waals surface area contributed by atoms with Crippen molar-refractivity contribution in [3.05, 3.63) is 46.4 Å². The van der Waals surface area contributed by atoms with E-state index in [0.29, 0.717) is 5.69 Å². The summed E-state index contributed by atoms with van der Waals surface area (Å²) in [5, 5.41) is 6.89. The largest absolute Gasteiger partial charge is 0.435 e. The van der Waals surface area contributed by atoms with Gasteiger partial charge < -0.3 is 5.73 Å². The predicted molar refractivity (Wildman–Crippen MR) is 64.9 cm³/mol. The SMILES string of the molecule is Nc1nc(C(F)(F)F)c(N=Nc2ccccc2)c(=O)[nH]1. The Kier molecular flexibility index (Phi) is 3.51. The summed E-state index contributed by atoms with van der Waals surface area (Å²) in [7, 11) is 0. The lowest BCUT2D eigenvalue weighted by atomic mass is 10.3. The van der Waals surface area contributed by atoms with Crippen molar-refractivity contribution < 1.29 is 13.2 Å². The van der Waals surface area contributed by atoms with Crippen LogP contribution in [0.1, 0.15) is 5.69 Å². The van der Waals surface area contributed by atoms with Crippen molar-refractivity contribution >= 4 is 17.3 Å². The van der Waals surface area contributed by atoms with E-state index in [1.54, 1.807) is 18.2 Å². The molecule has 0 saturated heterocycles. The summed E-state index contributed by atoms with van der Waals surface area (Å²) in [4.78, 5) is 16.5. The second kappa shape index (κ2) is 5.11. The number of azo groups is 1. The van der Waals surface area contributed by atoms with Crippen LogP contribution >= 0.6 is 0 Å². The molecule has 1 heterocycles. The summed E-state index contributed by atoms with van der Waals surface area (Å²) in [6.07, 6.45) is -4.85. The van der Waals surface area contributed by atoms with Crippen molar-refractivity contribution in [2.75, 3.05) is 5.73 Å². The zero-order valence-electron chi connectivity index (χ0n) is 9.85. The van der Waals surface area contributed by atoms with Gasteiger partial charge in [0.25, 0.3) is 5.56 Å². The highest BCUT2D eigenvalue weighted by molar-refractivity contribution is 5.44. The number of nitrogens with zero attached hydrogens (tertiary/aromatic N) is 3. The monoisotopic (exact) mass is 283 g/mol. The molecule has 3 N–H and O–H groups in total. The Labute approximate surface area is 110 Å². The van der Waals surface area contributed by atoms with E-state index >= 15 is 0 Å². The van der Waals surface area contributed by atoms with Crippen molar-refractivity contribution in [3.8, 4) is 0 Å². The van der Waals surface area contributed by atoms with Crippen molar-refractivity contribution in [1.82, 2.24) is 9.97 Å². The van der Waals surface area contributed by atoms with Gasteiger partial charge in [-0.3, -0.25) is 9.78 Å². The molecule has 0 atom stereocenters. The number of aromatic amines is 1. The van der Waals surface area contributed by atoms with Crippen LogP contribution in [-0.2, 0) is 6.18 Å². The number of H-pyrrole nitrogens is 1. The van der Waals surface area contributed by atoms with Gasteiger partial charge in [-0.15, -0.1) is 5.11 Å². The Morgan fingerprint density at radius 3 is 2.40 bits per heavy atom. The molecule has 104 valence electrons. The highest BCUT2D eigenvalue weighted by Crippen LogP contribution is 2.33. The molecule has 0 bridgehead atoms. The van der Waals surface area contributed by atoms with E-state index in [-0.39, 0.29) is 0 Å². The number of anilines is 1. The molecule has 0 spiro atoms. The topological polar surface area (TPSA) is 96.5 Å². The summed E-state index contributed by atoms with van der Waals surface area (Å²) in [6.45, 7) is 0. The van der Waals surface area contributed by atoms with E-state index in [1.165, 1.54) is 12.1 Å². The fraction of sp³-hybridized carbons (Fsp3) is 0.0909. The minimum atomic E-state index is -4.85. The lowest BCUT2D eigenvalue weighted by Gasteiger charge is -2.07. The second-order valence-electron chi connectivity index (χ2n) is 3.68. The standard InChI is InChI=1S/C11H8F3N5O/c12-11(13,14)8-7(9(20)17-10(15)16-8)19-18-6-4-2-1-3-5-6/h1-5H,(H3,15,16,17,20). The molecule has 0 aliphatic rings. The maximum Gasteiger partial charge on any atom is 0.435 e. The van der Waals surface area contributed by atoms with Gasteiger partial charge in [0, 0.05) is 0 Å². The fourth-order valence-electron chi connectivity index (χ4n) is 1.38. The molecule has 9 heteroatoms. The molecular formula is C11H8F3N5O. The minimum Gasteiger partial charge on any atom is -0.369 e. The van der Waals surface area contributed by atoms with Crippen LogP contribution in [0, 0.1) is 0 Å². The molecule has 0 unspecified atom stereocenters. The van der Waals surface area contributed by atoms with Crippen molar-refractivity contribution in [1.29, 1.82) is 0 Å². The molecule has 0 saturated carbocycles. The number of nitrogens with two attached hydrogens (primary N) is 1.